The minimum atomic E-state index is -0.443. The lowest BCUT2D eigenvalue weighted by molar-refractivity contribution is -0.0199. The summed E-state index contributed by atoms with van der Waals surface area (Å²) in [6, 6.07) is 7.93. The van der Waals surface area contributed by atoms with Gasteiger partial charge in [-0.2, -0.15) is 0 Å². The first-order valence-electron chi connectivity index (χ1n) is 8.18. The summed E-state index contributed by atoms with van der Waals surface area (Å²) >= 11 is 0. The topological polar surface area (TPSA) is 32.7 Å². The van der Waals surface area contributed by atoms with Crippen LogP contribution in [0.2, 0.25) is 0 Å². The molecule has 0 spiro atoms. The van der Waals surface area contributed by atoms with Gasteiger partial charge in [0.2, 0.25) is 0 Å². The van der Waals surface area contributed by atoms with Crippen molar-refractivity contribution < 1.29 is 9.84 Å². The Morgan fingerprint density at radius 2 is 1.67 bits per heavy atom. The molecule has 1 aliphatic rings. The van der Waals surface area contributed by atoms with Crippen LogP contribution in [0.1, 0.15) is 57.1 Å². The molecule has 1 unspecified atom stereocenters. The molecule has 1 fully saturated rings. The average Bonchev–Trinajstić information content (AvgIpc) is 2.74. The van der Waals surface area contributed by atoms with Gasteiger partial charge in [0, 0.05) is 0 Å². The summed E-state index contributed by atoms with van der Waals surface area (Å²) in [4.78, 5) is 2.24. The van der Waals surface area contributed by atoms with Crippen LogP contribution in [0.25, 0.3) is 0 Å². The molecule has 1 aliphatic carbocycles. The molecule has 1 saturated carbocycles. The molecule has 0 amide bonds. The van der Waals surface area contributed by atoms with Gasteiger partial charge in [-0.15, -0.1) is 0 Å². The van der Waals surface area contributed by atoms with Gasteiger partial charge in [0.15, 0.2) is 0 Å². The van der Waals surface area contributed by atoms with Crippen molar-refractivity contribution in [2.24, 2.45) is 0 Å². The summed E-state index contributed by atoms with van der Waals surface area (Å²) in [7, 11) is 4.20. The van der Waals surface area contributed by atoms with Gasteiger partial charge in [-0.1, -0.05) is 37.8 Å². The van der Waals surface area contributed by atoms with Crippen LogP contribution in [0, 0.1) is 0 Å². The number of hydrogen-bond acceptors (Lipinski definition) is 3. The maximum absolute atomic E-state index is 11.0. The molecule has 1 aromatic rings. The van der Waals surface area contributed by atoms with Gasteiger partial charge in [-0.25, -0.2) is 0 Å². The first kappa shape index (κ1) is 16.3. The maximum atomic E-state index is 11.0. The zero-order chi connectivity index (χ0) is 15.3. The lowest BCUT2D eigenvalue weighted by Gasteiger charge is -2.43. The SMILES string of the molecule is CCOc1ccc(C(O)C2(N(C)C)CCCCCC2)cc1. The molecule has 0 bridgehead atoms. The molecule has 2 rings (SSSR count). The minimum absolute atomic E-state index is 0.135. The quantitative estimate of drug-likeness (QED) is 0.838. The van der Waals surface area contributed by atoms with E-state index in [9.17, 15) is 5.11 Å². The Bertz CT molecular complexity index is 419. The van der Waals surface area contributed by atoms with Gasteiger partial charge in [0.05, 0.1) is 18.2 Å². The summed E-state index contributed by atoms with van der Waals surface area (Å²) in [5, 5.41) is 11.0. The van der Waals surface area contributed by atoms with E-state index in [1.807, 2.05) is 31.2 Å². The third kappa shape index (κ3) is 3.58. The van der Waals surface area contributed by atoms with Crippen molar-refractivity contribution in [3.63, 3.8) is 0 Å². The highest BCUT2D eigenvalue weighted by atomic mass is 16.5. The van der Waals surface area contributed by atoms with Gasteiger partial charge >= 0.3 is 0 Å². The zero-order valence-corrected chi connectivity index (χ0v) is 13.6. The summed E-state index contributed by atoms with van der Waals surface area (Å²) < 4.78 is 5.49. The second-order valence-corrected chi connectivity index (χ2v) is 6.32. The summed E-state index contributed by atoms with van der Waals surface area (Å²) in [5.74, 6) is 0.869. The number of ether oxygens (including phenoxy) is 1. The van der Waals surface area contributed by atoms with E-state index in [0.717, 1.165) is 24.2 Å². The number of hydrogen-bond donors (Lipinski definition) is 1. The fourth-order valence-corrected chi connectivity index (χ4v) is 3.53. The van der Waals surface area contributed by atoms with Crippen molar-refractivity contribution in [2.75, 3.05) is 20.7 Å². The molecule has 118 valence electrons. The normalized spacial score (nSPS) is 20.0. The highest BCUT2D eigenvalue weighted by molar-refractivity contribution is 5.30. The highest BCUT2D eigenvalue weighted by Gasteiger charge is 2.40. The molecule has 0 heterocycles. The third-order valence-electron chi connectivity index (χ3n) is 4.88. The number of aliphatic hydroxyl groups is 1. The predicted octanol–water partition coefficient (Wildman–Crippen LogP) is 3.77. The predicted molar refractivity (Wildman–Crippen MR) is 86.7 cm³/mol. The van der Waals surface area contributed by atoms with Crippen molar-refractivity contribution in [2.45, 2.75) is 57.1 Å². The Morgan fingerprint density at radius 3 is 2.14 bits per heavy atom. The molecule has 1 atom stereocenters. The third-order valence-corrected chi connectivity index (χ3v) is 4.88. The van der Waals surface area contributed by atoms with E-state index in [-0.39, 0.29) is 5.54 Å². The van der Waals surface area contributed by atoms with Crippen LogP contribution in [0.15, 0.2) is 24.3 Å². The first-order valence-corrected chi connectivity index (χ1v) is 8.18. The summed E-state index contributed by atoms with van der Waals surface area (Å²) in [6.45, 7) is 2.65. The van der Waals surface area contributed by atoms with Crippen LogP contribution >= 0.6 is 0 Å². The van der Waals surface area contributed by atoms with E-state index in [1.165, 1.54) is 25.7 Å². The first-order chi connectivity index (χ1) is 10.1. The zero-order valence-electron chi connectivity index (χ0n) is 13.6. The van der Waals surface area contributed by atoms with Crippen LogP contribution in [0.3, 0.4) is 0 Å². The Kier molecular flexibility index (Phi) is 5.65. The molecule has 21 heavy (non-hydrogen) atoms. The minimum Gasteiger partial charge on any atom is -0.494 e. The lowest BCUT2D eigenvalue weighted by Crippen LogP contribution is -2.49. The molecule has 0 aliphatic heterocycles. The van der Waals surface area contributed by atoms with Crippen LogP contribution in [0.5, 0.6) is 5.75 Å². The van der Waals surface area contributed by atoms with Gasteiger partial charge in [-0.3, -0.25) is 0 Å². The molecular formula is C18H29NO2. The van der Waals surface area contributed by atoms with E-state index in [1.54, 1.807) is 0 Å². The fraction of sp³-hybridized carbons (Fsp3) is 0.667. The van der Waals surface area contributed by atoms with Crippen LogP contribution < -0.4 is 4.74 Å². The van der Waals surface area contributed by atoms with Crippen LogP contribution in [0.4, 0.5) is 0 Å². The van der Waals surface area contributed by atoms with Gasteiger partial charge in [0.25, 0.3) is 0 Å². The Labute approximate surface area is 128 Å². The van der Waals surface area contributed by atoms with Crippen molar-refractivity contribution >= 4 is 0 Å². The van der Waals surface area contributed by atoms with Gasteiger partial charge in [-0.05, 0) is 51.6 Å². The van der Waals surface area contributed by atoms with E-state index in [4.69, 9.17) is 4.74 Å². The van der Waals surface area contributed by atoms with Crippen LogP contribution in [-0.2, 0) is 0 Å². The van der Waals surface area contributed by atoms with E-state index >= 15 is 0 Å². The molecule has 3 nitrogen and oxygen atoms in total. The largest absolute Gasteiger partial charge is 0.494 e. The second kappa shape index (κ2) is 7.28. The van der Waals surface area contributed by atoms with Crippen molar-refractivity contribution in [1.29, 1.82) is 0 Å². The van der Waals surface area contributed by atoms with Crippen molar-refractivity contribution in [1.82, 2.24) is 4.90 Å². The second-order valence-electron chi connectivity index (χ2n) is 6.32. The summed E-state index contributed by atoms with van der Waals surface area (Å²) in [5.41, 5.74) is 0.859. The standard InChI is InChI=1S/C18H29NO2/c1-4-21-16-11-9-15(10-12-16)17(20)18(19(2)3)13-7-5-6-8-14-18/h9-12,17,20H,4-8,13-14H2,1-3H3. The van der Waals surface area contributed by atoms with E-state index < -0.39 is 6.10 Å². The molecule has 0 saturated heterocycles. The number of nitrogens with zero attached hydrogens (tertiary/aromatic N) is 1. The number of rotatable bonds is 5. The Morgan fingerprint density at radius 1 is 1.10 bits per heavy atom. The monoisotopic (exact) mass is 291 g/mol. The molecular weight excluding hydrogens is 262 g/mol. The molecule has 1 N–H and O–H groups in total. The number of benzene rings is 1. The molecule has 0 radical (unpaired) electrons. The number of likely N-dealkylation sites (N-methyl/N-ethyl adjacent to an activating group) is 1. The fourth-order valence-electron chi connectivity index (χ4n) is 3.53. The molecule has 3 heteroatoms. The number of aliphatic hydroxyl groups excluding tert-OH is 1. The average molecular weight is 291 g/mol. The molecule has 1 aromatic carbocycles. The van der Waals surface area contributed by atoms with Gasteiger partial charge in [0.1, 0.15) is 5.75 Å². The highest BCUT2D eigenvalue weighted by Crippen LogP contribution is 2.41. The lowest BCUT2D eigenvalue weighted by atomic mass is 9.80. The van der Waals surface area contributed by atoms with E-state index in [2.05, 4.69) is 19.0 Å². The summed E-state index contributed by atoms with van der Waals surface area (Å²) in [6.07, 6.45) is 6.65. The van der Waals surface area contributed by atoms with Crippen LogP contribution in [-0.4, -0.2) is 36.2 Å². The van der Waals surface area contributed by atoms with Crippen molar-refractivity contribution in [3.8, 4) is 5.75 Å². The Hall–Kier alpha value is -1.06. The molecule has 0 aromatic heterocycles. The smallest absolute Gasteiger partial charge is 0.119 e. The van der Waals surface area contributed by atoms with Gasteiger partial charge < -0.3 is 14.7 Å². The Balaban J connectivity index is 2.22. The van der Waals surface area contributed by atoms with E-state index in [0.29, 0.717) is 6.61 Å². The maximum Gasteiger partial charge on any atom is 0.119 e. The van der Waals surface area contributed by atoms with Crippen molar-refractivity contribution in [3.05, 3.63) is 29.8 Å².